The molecular formula is C12H21N3OS. The summed E-state index contributed by atoms with van der Waals surface area (Å²) in [6, 6.07) is 0. The minimum atomic E-state index is 0.403. The molecule has 0 aromatic carbocycles. The van der Waals surface area contributed by atoms with Gasteiger partial charge in [-0.1, -0.05) is 20.8 Å². The molecule has 1 saturated heterocycles. The van der Waals surface area contributed by atoms with E-state index in [1.54, 1.807) is 0 Å². The highest BCUT2D eigenvalue weighted by Gasteiger charge is 2.26. The first-order valence-electron chi connectivity index (χ1n) is 6.39. The molecule has 1 aliphatic rings. The lowest BCUT2D eigenvalue weighted by atomic mass is 10.00. The van der Waals surface area contributed by atoms with Crippen molar-refractivity contribution >= 4 is 16.7 Å². The summed E-state index contributed by atoms with van der Waals surface area (Å²) in [6.07, 6.45) is 2.67. The Labute approximate surface area is 107 Å². The minimum Gasteiger partial charge on any atom is -0.378 e. The van der Waals surface area contributed by atoms with E-state index in [0.29, 0.717) is 17.9 Å². The van der Waals surface area contributed by atoms with Gasteiger partial charge in [0.1, 0.15) is 5.82 Å². The predicted molar refractivity (Wildman–Crippen MR) is 70.6 cm³/mol. The maximum absolute atomic E-state index is 5.67. The summed E-state index contributed by atoms with van der Waals surface area (Å²) in [6.45, 7) is 8.27. The van der Waals surface area contributed by atoms with Crippen LogP contribution in [0.1, 0.15) is 45.4 Å². The molecule has 0 radical (unpaired) electrons. The summed E-state index contributed by atoms with van der Waals surface area (Å²) in [7, 11) is 0. The Hall–Kier alpha value is -0.680. The monoisotopic (exact) mass is 255 g/mol. The van der Waals surface area contributed by atoms with Gasteiger partial charge in [-0.25, -0.2) is 4.98 Å². The Balaban J connectivity index is 1.84. The van der Waals surface area contributed by atoms with Gasteiger partial charge in [-0.05, 0) is 12.8 Å². The zero-order chi connectivity index (χ0) is 12.3. The second-order valence-electron chi connectivity index (χ2n) is 4.86. The maximum atomic E-state index is 5.67. The normalized spacial score (nSPS) is 24.5. The Morgan fingerprint density at radius 3 is 3.00 bits per heavy atom. The number of rotatable bonds is 5. The second-order valence-corrected chi connectivity index (χ2v) is 5.61. The summed E-state index contributed by atoms with van der Waals surface area (Å²) in [5.74, 6) is 1.96. The van der Waals surface area contributed by atoms with Crippen molar-refractivity contribution in [1.29, 1.82) is 0 Å². The van der Waals surface area contributed by atoms with Gasteiger partial charge in [0.2, 0.25) is 5.13 Å². The third kappa shape index (κ3) is 3.16. The first kappa shape index (κ1) is 12.8. The molecule has 17 heavy (non-hydrogen) atoms. The van der Waals surface area contributed by atoms with Crippen molar-refractivity contribution in [2.24, 2.45) is 5.92 Å². The lowest BCUT2D eigenvalue weighted by Crippen LogP contribution is -2.22. The molecule has 1 aliphatic heterocycles. The summed E-state index contributed by atoms with van der Waals surface area (Å²) in [4.78, 5) is 4.48. The summed E-state index contributed by atoms with van der Waals surface area (Å²) in [5.41, 5.74) is 0. The summed E-state index contributed by atoms with van der Waals surface area (Å²) < 4.78 is 10.0. The molecule has 0 aliphatic carbocycles. The van der Waals surface area contributed by atoms with Crippen molar-refractivity contribution in [3.05, 3.63) is 5.82 Å². The van der Waals surface area contributed by atoms with E-state index in [4.69, 9.17) is 4.74 Å². The van der Waals surface area contributed by atoms with Gasteiger partial charge < -0.3 is 10.1 Å². The molecule has 2 rings (SSSR count). The van der Waals surface area contributed by atoms with E-state index >= 15 is 0 Å². The van der Waals surface area contributed by atoms with Crippen molar-refractivity contribution in [1.82, 2.24) is 9.36 Å². The number of nitrogens with zero attached hydrogens (tertiary/aromatic N) is 2. The molecule has 2 unspecified atom stereocenters. The second kappa shape index (κ2) is 5.78. The van der Waals surface area contributed by atoms with Crippen LogP contribution >= 0.6 is 11.5 Å². The Bertz CT molecular complexity index is 353. The molecule has 1 fully saturated rings. The molecule has 2 heterocycles. The highest BCUT2D eigenvalue weighted by Crippen LogP contribution is 2.24. The molecule has 4 nitrogen and oxygen atoms in total. The fraction of sp³-hybridized carbons (Fsp3) is 0.833. The van der Waals surface area contributed by atoms with Gasteiger partial charge in [0.05, 0.1) is 6.10 Å². The van der Waals surface area contributed by atoms with Crippen LogP contribution in [-0.4, -0.2) is 28.6 Å². The third-order valence-corrected chi connectivity index (χ3v) is 3.91. The first-order chi connectivity index (χ1) is 8.20. The van der Waals surface area contributed by atoms with Crippen molar-refractivity contribution in [3.8, 4) is 0 Å². The SMILES string of the molecule is CCC1OCCC1CNc1nc(C(C)C)ns1. The summed E-state index contributed by atoms with van der Waals surface area (Å²) in [5, 5.41) is 4.33. The quantitative estimate of drug-likeness (QED) is 0.879. The van der Waals surface area contributed by atoms with Gasteiger partial charge in [-0.2, -0.15) is 4.37 Å². The molecule has 0 bridgehead atoms. The van der Waals surface area contributed by atoms with E-state index in [1.165, 1.54) is 11.5 Å². The molecular weight excluding hydrogens is 234 g/mol. The number of anilines is 1. The molecule has 1 aromatic heterocycles. The maximum Gasteiger partial charge on any atom is 0.202 e. The number of ether oxygens (including phenoxy) is 1. The number of hydrogen-bond donors (Lipinski definition) is 1. The Morgan fingerprint density at radius 1 is 1.53 bits per heavy atom. The smallest absolute Gasteiger partial charge is 0.202 e. The van der Waals surface area contributed by atoms with E-state index in [1.807, 2.05) is 0 Å². The van der Waals surface area contributed by atoms with E-state index in [0.717, 1.165) is 36.9 Å². The molecule has 1 N–H and O–H groups in total. The van der Waals surface area contributed by atoms with Crippen LogP contribution in [0, 0.1) is 5.92 Å². The van der Waals surface area contributed by atoms with Crippen molar-refractivity contribution in [2.45, 2.75) is 45.6 Å². The zero-order valence-corrected chi connectivity index (χ0v) is 11.6. The highest BCUT2D eigenvalue weighted by molar-refractivity contribution is 7.09. The average Bonchev–Trinajstić information content (AvgIpc) is 2.95. The van der Waals surface area contributed by atoms with Crippen LogP contribution in [0.5, 0.6) is 0 Å². The van der Waals surface area contributed by atoms with Crippen LogP contribution in [0.4, 0.5) is 5.13 Å². The molecule has 0 saturated carbocycles. The average molecular weight is 255 g/mol. The number of nitrogens with one attached hydrogen (secondary N) is 1. The van der Waals surface area contributed by atoms with E-state index in [2.05, 4.69) is 35.4 Å². The van der Waals surface area contributed by atoms with Crippen LogP contribution in [0.15, 0.2) is 0 Å². The van der Waals surface area contributed by atoms with Gasteiger partial charge in [0.15, 0.2) is 0 Å². The van der Waals surface area contributed by atoms with Crippen molar-refractivity contribution in [3.63, 3.8) is 0 Å². The lowest BCUT2D eigenvalue weighted by molar-refractivity contribution is 0.0900. The molecule has 0 amide bonds. The zero-order valence-electron chi connectivity index (χ0n) is 10.8. The van der Waals surface area contributed by atoms with E-state index < -0.39 is 0 Å². The van der Waals surface area contributed by atoms with Crippen LogP contribution < -0.4 is 5.32 Å². The van der Waals surface area contributed by atoms with Gasteiger partial charge in [-0.3, -0.25) is 0 Å². The van der Waals surface area contributed by atoms with Gasteiger partial charge >= 0.3 is 0 Å². The van der Waals surface area contributed by atoms with Gasteiger partial charge in [0.25, 0.3) is 0 Å². The topological polar surface area (TPSA) is 47.0 Å². The third-order valence-electron chi connectivity index (χ3n) is 3.22. The van der Waals surface area contributed by atoms with Gasteiger partial charge in [-0.15, -0.1) is 0 Å². The molecule has 0 spiro atoms. The fourth-order valence-electron chi connectivity index (χ4n) is 2.14. The number of hydrogen-bond acceptors (Lipinski definition) is 5. The van der Waals surface area contributed by atoms with Crippen LogP contribution in [0.25, 0.3) is 0 Å². The molecule has 1 aromatic rings. The highest BCUT2D eigenvalue weighted by atomic mass is 32.1. The van der Waals surface area contributed by atoms with E-state index in [9.17, 15) is 0 Å². The molecule has 96 valence electrons. The Morgan fingerprint density at radius 2 is 2.35 bits per heavy atom. The fourth-order valence-corrected chi connectivity index (χ4v) is 2.85. The van der Waals surface area contributed by atoms with E-state index in [-0.39, 0.29) is 0 Å². The van der Waals surface area contributed by atoms with Crippen molar-refractivity contribution < 1.29 is 4.74 Å². The summed E-state index contributed by atoms with van der Waals surface area (Å²) >= 11 is 1.46. The first-order valence-corrected chi connectivity index (χ1v) is 7.17. The molecule has 2 atom stereocenters. The lowest BCUT2D eigenvalue weighted by Gasteiger charge is -2.16. The Kier molecular flexibility index (Phi) is 4.34. The standard InChI is InChI=1S/C12H21N3OS/c1-4-10-9(5-6-16-10)7-13-12-14-11(8(2)3)15-17-12/h8-10H,4-7H2,1-3H3,(H,13,14,15). The van der Waals surface area contributed by atoms with Crippen LogP contribution in [0.2, 0.25) is 0 Å². The van der Waals surface area contributed by atoms with Crippen molar-refractivity contribution in [2.75, 3.05) is 18.5 Å². The van der Waals surface area contributed by atoms with Gasteiger partial charge in [0, 0.05) is 36.5 Å². The number of aromatic nitrogens is 2. The molecule has 5 heteroatoms. The van der Waals surface area contributed by atoms with Crippen LogP contribution in [-0.2, 0) is 4.74 Å². The largest absolute Gasteiger partial charge is 0.378 e. The minimum absolute atomic E-state index is 0.403. The predicted octanol–water partition coefficient (Wildman–Crippen LogP) is 2.89. The van der Waals surface area contributed by atoms with Crippen LogP contribution in [0.3, 0.4) is 0 Å².